The number of hydrogen-bond donors (Lipinski definition) is 1. The highest BCUT2D eigenvalue weighted by Crippen LogP contribution is 2.24. The molecule has 2 N–H and O–H groups in total. The highest BCUT2D eigenvalue weighted by atomic mass is 16.2. The van der Waals surface area contributed by atoms with Crippen molar-refractivity contribution in [2.24, 2.45) is 0 Å². The van der Waals surface area contributed by atoms with E-state index in [2.05, 4.69) is 4.98 Å². The fourth-order valence-electron chi connectivity index (χ4n) is 2.37. The van der Waals surface area contributed by atoms with Crippen molar-refractivity contribution >= 4 is 11.6 Å². The van der Waals surface area contributed by atoms with E-state index < -0.39 is 0 Å². The normalized spacial score (nSPS) is 13.7. The number of fused-ring (bicyclic) bond motifs is 1. The van der Waals surface area contributed by atoms with Crippen molar-refractivity contribution in [1.82, 2.24) is 9.88 Å². The largest absolute Gasteiger partial charge is 0.399 e. The number of nitrogens with two attached hydrogens (primary N) is 1. The van der Waals surface area contributed by atoms with Crippen molar-refractivity contribution in [2.45, 2.75) is 13.0 Å². The van der Waals surface area contributed by atoms with Gasteiger partial charge in [-0.25, -0.2) is 0 Å². The first-order valence-electron chi connectivity index (χ1n) is 6.30. The second-order valence-electron chi connectivity index (χ2n) is 4.75. The molecule has 0 fully saturated rings. The number of carbonyl (C=O) groups excluding carboxylic acids is 1. The molecule has 0 spiro atoms. The minimum absolute atomic E-state index is 0.0752. The fraction of sp³-hybridized carbons (Fsp3) is 0.200. The predicted octanol–water partition coefficient (Wildman–Crippen LogP) is 1.86. The van der Waals surface area contributed by atoms with Crippen LogP contribution in [0.5, 0.6) is 0 Å². The Bertz CT molecular complexity index is 610. The van der Waals surface area contributed by atoms with Crippen molar-refractivity contribution in [3.05, 3.63) is 59.4 Å². The molecule has 2 aromatic rings. The summed E-state index contributed by atoms with van der Waals surface area (Å²) in [5.74, 6) is 0.0752. The third kappa shape index (κ3) is 2.29. The Kier molecular flexibility index (Phi) is 2.91. The molecule has 0 aliphatic carbocycles. The molecule has 0 saturated heterocycles. The van der Waals surface area contributed by atoms with Gasteiger partial charge in [-0.3, -0.25) is 9.78 Å². The summed E-state index contributed by atoms with van der Waals surface area (Å²) in [7, 11) is 0. The lowest BCUT2D eigenvalue weighted by Crippen LogP contribution is -2.26. The number of rotatable bonds is 3. The van der Waals surface area contributed by atoms with Crippen LogP contribution in [-0.2, 0) is 13.0 Å². The highest BCUT2D eigenvalue weighted by Gasteiger charge is 2.26. The molecular formula is C15H15N3O. The first-order valence-corrected chi connectivity index (χ1v) is 6.30. The third-order valence-corrected chi connectivity index (χ3v) is 3.41. The quantitative estimate of drug-likeness (QED) is 0.849. The Morgan fingerprint density at radius 3 is 3.00 bits per heavy atom. The van der Waals surface area contributed by atoms with Crippen LogP contribution in [0.1, 0.15) is 21.5 Å². The summed E-state index contributed by atoms with van der Waals surface area (Å²) in [6.07, 6.45) is 4.41. The van der Waals surface area contributed by atoms with Gasteiger partial charge in [-0.15, -0.1) is 0 Å². The molecule has 0 atom stereocenters. The van der Waals surface area contributed by atoms with Gasteiger partial charge in [0.15, 0.2) is 0 Å². The van der Waals surface area contributed by atoms with E-state index in [0.29, 0.717) is 18.8 Å². The Morgan fingerprint density at radius 1 is 1.32 bits per heavy atom. The number of nitrogen functional groups attached to an aromatic ring is 1. The van der Waals surface area contributed by atoms with Crippen molar-refractivity contribution in [2.75, 3.05) is 12.3 Å². The van der Waals surface area contributed by atoms with Gasteiger partial charge >= 0.3 is 0 Å². The molecule has 0 radical (unpaired) electrons. The van der Waals surface area contributed by atoms with Crippen molar-refractivity contribution < 1.29 is 4.79 Å². The van der Waals surface area contributed by atoms with Crippen LogP contribution < -0.4 is 5.73 Å². The monoisotopic (exact) mass is 253 g/mol. The van der Waals surface area contributed by atoms with Gasteiger partial charge in [0.05, 0.1) is 0 Å². The molecule has 1 aromatic carbocycles. The zero-order chi connectivity index (χ0) is 13.2. The molecular weight excluding hydrogens is 238 g/mol. The van der Waals surface area contributed by atoms with Gasteiger partial charge in [-0.1, -0.05) is 12.1 Å². The molecule has 0 unspecified atom stereocenters. The van der Waals surface area contributed by atoms with E-state index in [1.165, 1.54) is 0 Å². The summed E-state index contributed by atoms with van der Waals surface area (Å²) in [5, 5.41) is 0. The first kappa shape index (κ1) is 11.7. The van der Waals surface area contributed by atoms with Crippen LogP contribution in [0.4, 0.5) is 5.69 Å². The zero-order valence-corrected chi connectivity index (χ0v) is 10.5. The molecule has 1 aliphatic heterocycles. The van der Waals surface area contributed by atoms with Crippen LogP contribution in [-0.4, -0.2) is 22.3 Å². The van der Waals surface area contributed by atoms with Crippen LogP contribution in [0, 0.1) is 0 Å². The van der Waals surface area contributed by atoms with Crippen LogP contribution >= 0.6 is 0 Å². The second kappa shape index (κ2) is 4.72. The van der Waals surface area contributed by atoms with Gasteiger partial charge in [0, 0.05) is 36.7 Å². The Morgan fingerprint density at radius 2 is 2.21 bits per heavy atom. The number of benzene rings is 1. The Balaban J connectivity index is 1.71. The molecule has 3 rings (SSSR count). The summed E-state index contributed by atoms with van der Waals surface area (Å²) >= 11 is 0. The van der Waals surface area contributed by atoms with E-state index >= 15 is 0 Å². The SMILES string of the molecule is Nc1ccc2c(c1)C(=O)N(CCc1cccnc1)C2. The Labute approximate surface area is 111 Å². The van der Waals surface area contributed by atoms with Gasteiger partial charge in [-0.2, -0.15) is 0 Å². The summed E-state index contributed by atoms with van der Waals surface area (Å²) < 4.78 is 0. The van der Waals surface area contributed by atoms with Crippen LogP contribution in [0.15, 0.2) is 42.7 Å². The van der Waals surface area contributed by atoms with E-state index in [9.17, 15) is 4.79 Å². The molecule has 2 heterocycles. The van der Waals surface area contributed by atoms with Crippen LogP contribution in [0.25, 0.3) is 0 Å². The lowest BCUT2D eigenvalue weighted by atomic mass is 10.1. The smallest absolute Gasteiger partial charge is 0.254 e. The lowest BCUT2D eigenvalue weighted by molar-refractivity contribution is 0.0780. The van der Waals surface area contributed by atoms with Gasteiger partial charge in [0.1, 0.15) is 0 Å². The van der Waals surface area contributed by atoms with Crippen molar-refractivity contribution in [3.8, 4) is 0 Å². The standard InChI is InChI=1S/C15H15N3O/c16-13-4-3-12-10-18(15(19)14(12)8-13)7-5-11-2-1-6-17-9-11/h1-4,6,8-9H,5,7,10,16H2. The minimum atomic E-state index is 0.0752. The Hall–Kier alpha value is -2.36. The summed E-state index contributed by atoms with van der Waals surface area (Å²) in [6, 6.07) is 9.49. The maximum Gasteiger partial charge on any atom is 0.254 e. The zero-order valence-electron chi connectivity index (χ0n) is 10.5. The van der Waals surface area contributed by atoms with Gasteiger partial charge in [-0.05, 0) is 35.7 Å². The maximum absolute atomic E-state index is 12.2. The molecule has 4 heteroatoms. The first-order chi connectivity index (χ1) is 9.24. The molecule has 1 aromatic heterocycles. The van der Waals surface area contributed by atoms with Crippen LogP contribution in [0.2, 0.25) is 0 Å². The van der Waals surface area contributed by atoms with E-state index in [1.54, 1.807) is 12.3 Å². The summed E-state index contributed by atoms with van der Waals surface area (Å²) in [4.78, 5) is 18.2. The number of pyridine rings is 1. The van der Waals surface area contributed by atoms with E-state index in [1.807, 2.05) is 35.4 Å². The molecule has 19 heavy (non-hydrogen) atoms. The number of hydrogen-bond acceptors (Lipinski definition) is 3. The summed E-state index contributed by atoms with van der Waals surface area (Å²) in [6.45, 7) is 1.38. The highest BCUT2D eigenvalue weighted by molar-refractivity contribution is 5.99. The lowest BCUT2D eigenvalue weighted by Gasteiger charge is -2.15. The molecule has 96 valence electrons. The number of aromatic nitrogens is 1. The third-order valence-electron chi connectivity index (χ3n) is 3.41. The number of anilines is 1. The fourth-order valence-corrected chi connectivity index (χ4v) is 2.37. The van der Waals surface area contributed by atoms with E-state index in [4.69, 9.17) is 5.73 Å². The molecule has 0 saturated carbocycles. The summed E-state index contributed by atoms with van der Waals surface area (Å²) in [5.41, 5.74) is 9.31. The topological polar surface area (TPSA) is 59.2 Å². The van der Waals surface area contributed by atoms with Crippen LogP contribution in [0.3, 0.4) is 0 Å². The average Bonchev–Trinajstić information content (AvgIpc) is 2.74. The van der Waals surface area contributed by atoms with Gasteiger partial charge in [0.2, 0.25) is 0 Å². The van der Waals surface area contributed by atoms with Crippen molar-refractivity contribution in [1.29, 1.82) is 0 Å². The number of carbonyl (C=O) groups is 1. The molecule has 4 nitrogen and oxygen atoms in total. The number of nitrogens with zero attached hydrogens (tertiary/aromatic N) is 2. The predicted molar refractivity (Wildman–Crippen MR) is 73.5 cm³/mol. The van der Waals surface area contributed by atoms with Crippen molar-refractivity contribution in [3.63, 3.8) is 0 Å². The number of amides is 1. The maximum atomic E-state index is 12.2. The average molecular weight is 253 g/mol. The minimum Gasteiger partial charge on any atom is -0.399 e. The van der Waals surface area contributed by atoms with Gasteiger partial charge in [0.25, 0.3) is 5.91 Å². The molecule has 1 aliphatic rings. The molecule has 0 bridgehead atoms. The van der Waals surface area contributed by atoms with E-state index in [0.717, 1.165) is 23.1 Å². The molecule has 1 amide bonds. The second-order valence-corrected chi connectivity index (χ2v) is 4.75. The van der Waals surface area contributed by atoms with E-state index in [-0.39, 0.29) is 5.91 Å². The van der Waals surface area contributed by atoms with Gasteiger partial charge < -0.3 is 10.6 Å².